The van der Waals surface area contributed by atoms with Crippen LogP contribution in [0.15, 0.2) is 17.6 Å². The Kier molecular flexibility index (Phi) is 4.06. The Balaban J connectivity index is 2.24. The van der Waals surface area contributed by atoms with Crippen LogP contribution in [0.5, 0.6) is 0 Å². The normalized spacial score (nSPS) is 22.8. The van der Waals surface area contributed by atoms with E-state index < -0.39 is 10.0 Å². The van der Waals surface area contributed by atoms with Gasteiger partial charge in [0.05, 0.1) is 12.5 Å². The van der Waals surface area contributed by atoms with Crippen LogP contribution in [0.1, 0.15) is 25.7 Å². The van der Waals surface area contributed by atoms with Crippen LogP contribution in [0.4, 0.5) is 0 Å². The van der Waals surface area contributed by atoms with E-state index in [9.17, 15) is 8.42 Å². The summed E-state index contributed by atoms with van der Waals surface area (Å²) in [5.74, 6) is 0.486. The quantitative estimate of drug-likeness (QED) is 0.850. The van der Waals surface area contributed by atoms with Gasteiger partial charge in [-0.05, 0) is 19.3 Å². The molecule has 0 spiro atoms. The fraction of sp³-hybridized carbons (Fsp3) is 0.700. The Labute approximate surface area is 106 Å². The molecule has 96 valence electrons. The smallest absolute Gasteiger partial charge is 0.260 e. The number of hydrogen-bond acceptors (Lipinski definition) is 3. The summed E-state index contributed by atoms with van der Waals surface area (Å²) in [5, 5.41) is 0.166. The molecule has 1 aliphatic rings. The van der Waals surface area contributed by atoms with Crippen molar-refractivity contribution in [1.82, 2.24) is 14.3 Å². The van der Waals surface area contributed by atoms with Crippen LogP contribution < -0.4 is 0 Å². The molecule has 2 heterocycles. The molecular weight excluding hydrogens is 262 g/mol. The Morgan fingerprint density at radius 1 is 1.53 bits per heavy atom. The Morgan fingerprint density at radius 2 is 2.35 bits per heavy atom. The van der Waals surface area contributed by atoms with Crippen LogP contribution in [0.2, 0.25) is 0 Å². The molecule has 1 saturated heterocycles. The molecule has 0 aromatic carbocycles. The Morgan fingerprint density at radius 3 is 3.00 bits per heavy atom. The number of halogens is 1. The molecule has 0 bridgehead atoms. The number of H-pyrrole nitrogens is 1. The predicted molar refractivity (Wildman–Crippen MR) is 65.5 cm³/mol. The van der Waals surface area contributed by atoms with Gasteiger partial charge in [-0.25, -0.2) is 13.4 Å². The molecule has 17 heavy (non-hydrogen) atoms. The number of aromatic nitrogens is 2. The number of rotatable bonds is 4. The average molecular weight is 278 g/mol. The number of sulfonamides is 1. The van der Waals surface area contributed by atoms with Gasteiger partial charge in [-0.3, -0.25) is 0 Å². The van der Waals surface area contributed by atoms with Crippen molar-refractivity contribution >= 4 is 21.6 Å². The highest BCUT2D eigenvalue weighted by molar-refractivity contribution is 7.89. The standard InChI is InChI=1S/C10H16ClN3O2S/c11-5-4-9-3-1-2-6-14(9)17(15,16)10-7-12-8-13-10/h7-9H,1-6H2,(H,12,13). The monoisotopic (exact) mass is 277 g/mol. The molecule has 0 radical (unpaired) electrons. The zero-order valence-electron chi connectivity index (χ0n) is 9.47. The maximum atomic E-state index is 12.3. The lowest BCUT2D eigenvalue weighted by atomic mass is 10.0. The van der Waals surface area contributed by atoms with Crippen LogP contribution in [0.25, 0.3) is 0 Å². The number of nitrogens with zero attached hydrogens (tertiary/aromatic N) is 2. The fourth-order valence-corrected chi connectivity index (χ4v) is 4.09. The number of piperidine rings is 1. The summed E-state index contributed by atoms with van der Waals surface area (Å²) in [4.78, 5) is 6.43. The summed E-state index contributed by atoms with van der Waals surface area (Å²) < 4.78 is 26.3. The molecule has 1 aromatic heterocycles. The molecule has 1 aromatic rings. The van der Waals surface area contributed by atoms with E-state index in [1.165, 1.54) is 12.5 Å². The Hall–Kier alpha value is -0.590. The van der Waals surface area contributed by atoms with Gasteiger partial charge in [-0.2, -0.15) is 4.31 Å². The number of imidazole rings is 1. The van der Waals surface area contributed by atoms with Gasteiger partial charge in [-0.15, -0.1) is 11.6 Å². The predicted octanol–water partition coefficient (Wildman–Crippen LogP) is 1.58. The lowest BCUT2D eigenvalue weighted by Crippen LogP contribution is -2.43. The minimum absolute atomic E-state index is 0.0227. The van der Waals surface area contributed by atoms with Crippen LogP contribution in [-0.2, 0) is 10.0 Å². The highest BCUT2D eigenvalue weighted by Crippen LogP contribution is 2.26. The first-order chi connectivity index (χ1) is 8.16. The van der Waals surface area contributed by atoms with E-state index in [0.717, 1.165) is 19.3 Å². The molecule has 5 nitrogen and oxygen atoms in total. The first kappa shape index (κ1) is 12.9. The summed E-state index contributed by atoms with van der Waals surface area (Å²) in [6.07, 6.45) is 6.30. The van der Waals surface area contributed by atoms with E-state index in [4.69, 9.17) is 11.6 Å². The second-order valence-corrected chi connectivity index (χ2v) is 6.40. The van der Waals surface area contributed by atoms with E-state index in [-0.39, 0.29) is 11.1 Å². The van der Waals surface area contributed by atoms with Crippen molar-refractivity contribution in [2.24, 2.45) is 0 Å². The van der Waals surface area contributed by atoms with E-state index >= 15 is 0 Å². The van der Waals surface area contributed by atoms with Crippen molar-refractivity contribution in [3.63, 3.8) is 0 Å². The SMILES string of the molecule is O=S(=O)(c1cnc[nH]1)N1CCCCC1CCCl. The number of alkyl halides is 1. The topological polar surface area (TPSA) is 66.1 Å². The van der Waals surface area contributed by atoms with Gasteiger partial charge in [0.1, 0.15) is 0 Å². The molecule has 1 atom stereocenters. The van der Waals surface area contributed by atoms with Gasteiger partial charge in [-0.1, -0.05) is 6.42 Å². The molecule has 1 aliphatic heterocycles. The minimum Gasteiger partial charge on any atom is -0.335 e. The van der Waals surface area contributed by atoms with E-state index in [1.807, 2.05) is 0 Å². The number of nitrogens with one attached hydrogen (secondary N) is 1. The van der Waals surface area contributed by atoms with Crippen molar-refractivity contribution in [3.8, 4) is 0 Å². The van der Waals surface area contributed by atoms with Crippen molar-refractivity contribution in [2.45, 2.75) is 36.8 Å². The first-order valence-electron chi connectivity index (χ1n) is 5.72. The highest BCUT2D eigenvalue weighted by Gasteiger charge is 2.33. The van der Waals surface area contributed by atoms with Gasteiger partial charge in [0, 0.05) is 18.5 Å². The first-order valence-corrected chi connectivity index (χ1v) is 7.70. The Bertz CT molecular complexity index is 444. The van der Waals surface area contributed by atoms with Gasteiger partial charge < -0.3 is 4.98 Å². The van der Waals surface area contributed by atoms with Gasteiger partial charge in [0.15, 0.2) is 5.03 Å². The van der Waals surface area contributed by atoms with Gasteiger partial charge in [0.2, 0.25) is 0 Å². The molecule has 2 rings (SSSR count). The third kappa shape index (κ3) is 2.64. The zero-order valence-corrected chi connectivity index (χ0v) is 11.0. The summed E-state index contributed by atoms with van der Waals surface area (Å²) in [5.41, 5.74) is 0. The molecule has 1 N–H and O–H groups in total. The van der Waals surface area contributed by atoms with Crippen LogP contribution in [-0.4, -0.2) is 41.2 Å². The number of aromatic amines is 1. The van der Waals surface area contributed by atoms with Crippen LogP contribution >= 0.6 is 11.6 Å². The third-order valence-corrected chi connectivity index (χ3v) is 5.17. The zero-order chi connectivity index (χ0) is 12.3. The van der Waals surface area contributed by atoms with Crippen LogP contribution in [0.3, 0.4) is 0 Å². The molecule has 7 heteroatoms. The molecule has 1 unspecified atom stereocenters. The highest BCUT2D eigenvalue weighted by atomic mass is 35.5. The largest absolute Gasteiger partial charge is 0.335 e. The summed E-state index contributed by atoms with van der Waals surface area (Å²) in [6.45, 7) is 0.572. The fourth-order valence-electron chi connectivity index (χ4n) is 2.22. The van der Waals surface area contributed by atoms with E-state index in [2.05, 4.69) is 9.97 Å². The van der Waals surface area contributed by atoms with Crippen molar-refractivity contribution in [3.05, 3.63) is 12.5 Å². The summed E-state index contributed by atoms with van der Waals surface area (Å²) in [6, 6.07) is 0.0227. The van der Waals surface area contributed by atoms with Crippen molar-refractivity contribution < 1.29 is 8.42 Å². The molecule has 0 saturated carbocycles. The second-order valence-electron chi connectivity index (χ2n) is 4.16. The molecule has 0 aliphatic carbocycles. The van der Waals surface area contributed by atoms with E-state index in [0.29, 0.717) is 18.8 Å². The summed E-state index contributed by atoms with van der Waals surface area (Å²) >= 11 is 5.73. The molecular formula is C10H16ClN3O2S. The van der Waals surface area contributed by atoms with Crippen molar-refractivity contribution in [2.75, 3.05) is 12.4 Å². The maximum absolute atomic E-state index is 12.3. The maximum Gasteiger partial charge on any atom is 0.260 e. The summed E-state index contributed by atoms with van der Waals surface area (Å²) in [7, 11) is -3.43. The van der Waals surface area contributed by atoms with Gasteiger partial charge >= 0.3 is 0 Å². The lowest BCUT2D eigenvalue weighted by Gasteiger charge is -2.33. The second kappa shape index (κ2) is 5.37. The van der Waals surface area contributed by atoms with Gasteiger partial charge in [0.25, 0.3) is 10.0 Å². The van der Waals surface area contributed by atoms with Crippen molar-refractivity contribution in [1.29, 1.82) is 0 Å². The lowest BCUT2D eigenvalue weighted by molar-refractivity contribution is 0.247. The number of hydrogen-bond donors (Lipinski definition) is 1. The third-order valence-electron chi connectivity index (χ3n) is 3.08. The average Bonchev–Trinajstić information content (AvgIpc) is 2.84. The minimum atomic E-state index is -3.43. The molecule has 0 amide bonds. The van der Waals surface area contributed by atoms with Crippen LogP contribution in [0, 0.1) is 0 Å². The van der Waals surface area contributed by atoms with E-state index in [1.54, 1.807) is 4.31 Å². The molecule has 1 fully saturated rings.